The number of piperidine rings is 2. The summed E-state index contributed by atoms with van der Waals surface area (Å²) in [5.74, 6) is 2.58. The Morgan fingerprint density at radius 1 is 0.818 bits per heavy atom. The molecule has 0 aliphatic carbocycles. The smallest absolute Gasteiger partial charge is 0.0651 e. The van der Waals surface area contributed by atoms with Gasteiger partial charge in [0.05, 0.1) is 8.22 Å². The summed E-state index contributed by atoms with van der Waals surface area (Å²) in [5, 5.41) is 0. The number of benzene rings is 1. The topological polar surface area (TPSA) is 6.48 Å². The largest absolute Gasteiger partial charge is 0.267 e. The van der Waals surface area contributed by atoms with E-state index in [2.05, 4.69) is 52.4 Å². The Labute approximate surface area is 137 Å². The van der Waals surface area contributed by atoms with E-state index >= 15 is 0 Å². The first kappa shape index (κ1) is 16.2. The summed E-state index contributed by atoms with van der Waals surface area (Å²) in [6.07, 6.45) is 8.35. The predicted octanol–water partition coefficient (Wildman–Crippen LogP) is 5.33. The number of rotatable bonds is 4. The van der Waals surface area contributed by atoms with Crippen molar-refractivity contribution in [1.29, 1.82) is 0 Å². The highest BCUT2D eigenvalue weighted by Crippen LogP contribution is 2.50. The number of nitrogens with zero attached hydrogens (tertiary/aromatic N) is 2. The van der Waals surface area contributed by atoms with Crippen LogP contribution in [-0.4, -0.2) is 35.5 Å². The van der Waals surface area contributed by atoms with E-state index in [1.165, 1.54) is 75.8 Å². The highest BCUT2D eigenvalue weighted by Gasteiger charge is 2.26. The van der Waals surface area contributed by atoms with Gasteiger partial charge in [-0.1, -0.05) is 43.2 Å². The van der Waals surface area contributed by atoms with Crippen molar-refractivity contribution in [2.24, 2.45) is 0 Å². The Kier molecular flexibility index (Phi) is 6.06. The standard InChI is InChI=1S/C19H29N2P/c1-18(19-11-5-2-6-12-19)17-22(20-13-7-3-8-14-20)21-15-9-4-10-16-21/h2,5-6,11-12,17H,3-4,7-10,13-16H2,1H3. The van der Waals surface area contributed by atoms with Crippen LogP contribution >= 0.6 is 8.22 Å². The van der Waals surface area contributed by atoms with Gasteiger partial charge < -0.3 is 0 Å². The average Bonchev–Trinajstić information content (AvgIpc) is 2.62. The molecule has 3 rings (SSSR count). The third kappa shape index (κ3) is 4.19. The van der Waals surface area contributed by atoms with Crippen molar-refractivity contribution in [3.05, 3.63) is 41.7 Å². The fourth-order valence-corrected chi connectivity index (χ4v) is 6.02. The van der Waals surface area contributed by atoms with Gasteiger partial charge in [-0.15, -0.1) is 0 Å². The molecule has 0 unspecified atom stereocenters. The van der Waals surface area contributed by atoms with E-state index < -0.39 is 0 Å². The minimum Gasteiger partial charge on any atom is -0.267 e. The van der Waals surface area contributed by atoms with E-state index in [0.29, 0.717) is 0 Å². The van der Waals surface area contributed by atoms with Gasteiger partial charge >= 0.3 is 0 Å². The second kappa shape index (κ2) is 8.24. The maximum Gasteiger partial charge on any atom is 0.0651 e. The van der Waals surface area contributed by atoms with Gasteiger partial charge in [0.15, 0.2) is 0 Å². The fourth-order valence-electron chi connectivity index (χ4n) is 3.46. The minimum atomic E-state index is -0.255. The molecular formula is C19H29N2P. The van der Waals surface area contributed by atoms with E-state index in [-0.39, 0.29) is 8.22 Å². The summed E-state index contributed by atoms with van der Waals surface area (Å²) in [7, 11) is -0.255. The summed E-state index contributed by atoms with van der Waals surface area (Å²) < 4.78 is 5.55. The van der Waals surface area contributed by atoms with Gasteiger partial charge in [-0.25, -0.2) is 0 Å². The molecule has 0 aromatic heterocycles. The van der Waals surface area contributed by atoms with E-state index in [9.17, 15) is 0 Å². The summed E-state index contributed by atoms with van der Waals surface area (Å²) in [6, 6.07) is 10.9. The minimum absolute atomic E-state index is 0.255. The van der Waals surface area contributed by atoms with Crippen LogP contribution in [0.5, 0.6) is 0 Å². The molecule has 2 nitrogen and oxygen atoms in total. The second-order valence-electron chi connectivity index (χ2n) is 6.53. The monoisotopic (exact) mass is 316 g/mol. The van der Waals surface area contributed by atoms with Crippen molar-refractivity contribution in [1.82, 2.24) is 9.34 Å². The molecule has 3 heteroatoms. The molecule has 1 aromatic carbocycles. The van der Waals surface area contributed by atoms with Gasteiger partial charge in [-0.3, -0.25) is 9.34 Å². The lowest BCUT2D eigenvalue weighted by molar-refractivity contribution is 0.314. The molecule has 2 saturated heterocycles. The first-order valence-corrected chi connectivity index (χ1v) is 10.2. The van der Waals surface area contributed by atoms with Crippen molar-refractivity contribution >= 4 is 13.8 Å². The molecule has 2 fully saturated rings. The van der Waals surface area contributed by atoms with Crippen LogP contribution < -0.4 is 0 Å². The maximum atomic E-state index is 2.77. The lowest BCUT2D eigenvalue weighted by Crippen LogP contribution is -2.34. The normalized spacial score (nSPS) is 22.2. The number of hydrogen-bond acceptors (Lipinski definition) is 2. The van der Waals surface area contributed by atoms with E-state index in [4.69, 9.17) is 0 Å². The molecule has 2 aliphatic rings. The van der Waals surface area contributed by atoms with Crippen LogP contribution in [0.1, 0.15) is 51.0 Å². The molecule has 0 atom stereocenters. The second-order valence-corrected chi connectivity index (χ2v) is 8.56. The highest BCUT2D eigenvalue weighted by molar-refractivity contribution is 7.56. The molecule has 2 heterocycles. The Hall–Kier alpha value is -0.690. The summed E-state index contributed by atoms with van der Waals surface area (Å²) >= 11 is 0. The molecule has 120 valence electrons. The molecule has 0 spiro atoms. The molecule has 1 aromatic rings. The zero-order valence-corrected chi connectivity index (χ0v) is 14.8. The Bertz CT molecular complexity index is 455. The quantitative estimate of drug-likeness (QED) is 0.693. The van der Waals surface area contributed by atoms with Crippen LogP contribution in [0.25, 0.3) is 5.57 Å². The van der Waals surface area contributed by atoms with Crippen molar-refractivity contribution in [3.63, 3.8) is 0 Å². The van der Waals surface area contributed by atoms with Gasteiger partial charge in [0, 0.05) is 26.2 Å². The first-order valence-electron chi connectivity index (χ1n) is 8.87. The molecule has 0 amide bonds. The van der Waals surface area contributed by atoms with Gasteiger partial charge in [-0.05, 0) is 49.6 Å². The van der Waals surface area contributed by atoms with Gasteiger partial charge in [0.2, 0.25) is 0 Å². The lowest BCUT2D eigenvalue weighted by atomic mass is 10.1. The molecule has 0 radical (unpaired) electrons. The molecule has 0 N–H and O–H groups in total. The molecule has 0 bridgehead atoms. The van der Waals surface area contributed by atoms with Gasteiger partial charge in [0.1, 0.15) is 0 Å². The number of allylic oxidation sites excluding steroid dienone is 1. The van der Waals surface area contributed by atoms with Crippen LogP contribution in [0, 0.1) is 0 Å². The SMILES string of the molecule is CC(=CP(N1CCCCC1)N1CCCCC1)c1ccccc1. The Balaban J connectivity index is 1.80. The van der Waals surface area contributed by atoms with Crippen LogP contribution in [-0.2, 0) is 0 Å². The highest BCUT2D eigenvalue weighted by atomic mass is 31.1. The van der Waals surface area contributed by atoms with Crippen LogP contribution in [0.15, 0.2) is 36.1 Å². The van der Waals surface area contributed by atoms with Crippen molar-refractivity contribution in [3.8, 4) is 0 Å². The van der Waals surface area contributed by atoms with Crippen molar-refractivity contribution in [2.75, 3.05) is 26.2 Å². The number of hydrogen-bond donors (Lipinski definition) is 0. The average molecular weight is 316 g/mol. The van der Waals surface area contributed by atoms with Crippen LogP contribution in [0.4, 0.5) is 0 Å². The van der Waals surface area contributed by atoms with Crippen LogP contribution in [0.3, 0.4) is 0 Å². The van der Waals surface area contributed by atoms with E-state index in [0.717, 1.165) is 0 Å². The van der Waals surface area contributed by atoms with E-state index in [1.54, 1.807) is 0 Å². The third-order valence-corrected chi connectivity index (χ3v) is 7.36. The zero-order chi connectivity index (χ0) is 15.2. The van der Waals surface area contributed by atoms with Crippen molar-refractivity contribution in [2.45, 2.75) is 45.4 Å². The zero-order valence-electron chi connectivity index (χ0n) is 13.9. The van der Waals surface area contributed by atoms with E-state index in [1.807, 2.05) is 0 Å². The fraction of sp³-hybridized carbons (Fsp3) is 0.579. The molecule has 22 heavy (non-hydrogen) atoms. The third-order valence-electron chi connectivity index (χ3n) is 4.78. The molecule has 2 aliphatic heterocycles. The Morgan fingerprint density at radius 2 is 1.32 bits per heavy atom. The maximum absolute atomic E-state index is 2.77. The summed E-state index contributed by atoms with van der Waals surface area (Å²) in [5.41, 5.74) is 2.83. The van der Waals surface area contributed by atoms with Gasteiger partial charge in [-0.2, -0.15) is 0 Å². The first-order chi connectivity index (χ1) is 10.8. The van der Waals surface area contributed by atoms with Crippen LogP contribution in [0.2, 0.25) is 0 Å². The summed E-state index contributed by atoms with van der Waals surface area (Å²) in [6.45, 7) is 7.46. The predicted molar refractivity (Wildman–Crippen MR) is 97.9 cm³/mol. The molecular weight excluding hydrogens is 287 g/mol. The molecule has 0 saturated carbocycles. The van der Waals surface area contributed by atoms with Crippen molar-refractivity contribution < 1.29 is 0 Å². The van der Waals surface area contributed by atoms with Gasteiger partial charge in [0.25, 0.3) is 0 Å². The summed E-state index contributed by atoms with van der Waals surface area (Å²) in [4.78, 5) is 0. The lowest BCUT2D eigenvalue weighted by Gasteiger charge is -2.41. The Morgan fingerprint density at radius 3 is 1.82 bits per heavy atom.